The van der Waals surface area contributed by atoms with Gasteiger partial charge in [-0.3, -0.25) is 5.10 Å². The summed E-state index contributed by atoms with van der Waals surface area (Å²) in [4.78, 5) is 0.225. The summed E-state index contributed by atoms with van der Waals surface area (Å²) >= 11 is 0. The van der Waals surface area contributed by atoms with Crippen molar-refractivity contribution in [3.8, 4) is 0 Å². The Hall–Kier alpha value is -0.840. The Morgan fingerprint density at radius 1 is 1.45 bits per heavy atom. The van der Waals surface area contributed by atoms with Gasteiger partial charge in [0.25, 0.3) is 0 Å². The Bertz CT molecular complexity index is 276. The second kappa shape index (κ2) is 4.12. The van der Waals surface area contributed by atoms with Crippen molar-refractivity contribution in [2.45, 2.75) is 18.7 Å². The standard InChI is InChI=1S/C4H6N2O2S.C2H6/c1-9(7,8)4-2-5-6-3-4;1-2/h2-3H,1H3,(H,5,6);1-2H3. The van der Waals surface area contributed by atoms with Gasteiger partial charge >= 0.3 is 0 Å². The van der Waals surface area contributed by atoms with Crippen molar-refractivity contribution < 1.29 is 8.42 Å². The number of nitrogens with one attached hydrogen (secondary N) is 1. The van der Waals surface area contributed by atoms with E-state index in [1.54, 1.807) is 0 Å². The average Bonchev–Trinajstić information content (AvgIpc) is 2.40. The van der Waals surface area contributed by atoms with Gasteiger partial charge in [0.05, 0.1) is 6.20 Å². The van der Waals surface area contributed by atoms with Crippen LogP contribution in [-0.4, -0.2) is 24.9 Å². The van der Waals surface area contributed by atoms with Crippen molar-refractivity contribution in [3.05, 3.63) is 12.4 Å². The molecule has 1 aromatic heterocycles. The maximum Gasteiger partial charge on any atom is 0.178 e. The fourth-order valence-corrected chi connectivity index (χ4v) is 0.953. The summed E-state index contributed by atoms with van der Waals surface area (Å²) in [7, 11) is -3.05. The molecule has 0 aliphatic heterocycles. The van der Waals surface area contributed by atoms with E-state index < -0.39 is 9.84 Å². The summed E-state index contributed by atoms with van der Waals surface area (Å²) in [6.07, 6.45) is 3.75. The molecule has 11 heavy (non-hydrogen) atoms. The van der Waals surface area contributed by atoms with Gasteiger partial charge in [-0.15, -0.1) is 0 Å². The van der Waals surface area contributed by atoms with E-state index in [4.69, 9.17) is 0 Å². The summed E-state index contributed by atoms with van der Waals surface area (Å²) < 4.78 is 21.3. The molecule has 0 saturated heterocycles. The zero-order valence-corrected chi connectivity index (χ0v) is 7.64. The second-order valence-electron chi connectivity index (χ2n) is 1.71. The van der Waals surface area contributed by atoms with Crippen LogP contribution in [0.5, 0.6) is 0 Å². The third-order valence-corrected chi connectivity index (χ3v) is 1.98. The van der Waals surface area contributed by atoms with Crippen LogP contribution in [0.3, 0.4) is 0 Å². The number of aromatic nitrogens is 2. The lowest BCUT2D eigenvalue weighted by Crippen LogP contribution is -1.93. The molecule has 0 spiro atoms. The van der Waals surface area contributed by atoms with Crippen molar-refractivity contribution in [3.63, 3.8) is 0 Å². The number of nitrogens with zero attached hydrogens (tertiary/aromatic N) is 1. The van der Waals surface area contributed by atoms with E-state index >= 15 is 0 Å². The summed E-state index contributed by atoms with van der Waals surface area (Å²) in [6, 6.07) is 0. The number of rotatable bonds is 1. The topological polar surface area (TPSA) is 62.8 Å². The molecule has 1 rings (SSSR count). The molecule has 0 bridgehead atoms. The van der Waals surface area contributed by atoms with Gasteiger partial charge in [-0.1, -0.05) is 13.8 Å². The SMILES string of the molecule is CC.CS(=O)(=O)c1cn[nH]c1. The van der Waals surface area contributed by atoms with Crippen LogP contribution in [0.15, 0.2) is 17.3 Å². The van der Waals surface area contributed by atoms with Gasteiger partial charge in [0.15, 0.2) is 9.84 Å². The quantitative estimate of drug-likeness (QED) is 0.689. The maximum absolute atomic E-state index is 10.6. The third kappa shape index (κ3) is 3.18. The minimum absolute atomic E-state index is 0.225. The molecular weight excluding hydrogens is 164 g/mol. The van der Waals surface area contributed by atoms with Crippen LogP contribution in [0.1, 0.15) is 13.8 Å². The Morgan fingerprint density at radius 2 is 2.00 bits per heavy atom. The minimum atomic E-state index is -3.05. The van der Waals surface area contributed by atoms with Crippen LogP contribution in [-0.2, 0) is 9.84 Å². The summed E-state index contributed by atoms with van der Waals surface area (Å²) in [5, 5.41) is 5.89. The Labute approximate surface area is 66.6 Å². The highest BCUT2D eigenvalue weighted by molar-refractivity contribution is 7.90. The molecule has 0 aliphatic carbocycles. The van der Waals surface area contributed by atoms with Gasteiger partial charge in [0.1, 0.15) is 4.90 Å². The van der Waals surface area contributed by atoms with Gasteiger partial charge in [-0.25, -0.2) is 8.42 Å². The van der Waals surface area contributed by atoms with Crippen molar-refractivity contribution >= 4 is 9.84 Å². The first-order valence-corrected chi connectivity index (χ1v) is 5.18. The maximum atomic E-state index is 10.6. The number of aromatic amines is 1. The molecule has 64 valence electrons. The minimum Gasteiger partial charge on any atom is -0.284 e. The van der Waals surface area contributed by atoms with Crippen LogP contribution >= 0.6 is 0 Å². The van der Waals surface area contributed by atoms with Crippen molar-refractivity contribution in [2.24, 2.45) is 0 Å². The van der Waals surface area contributed by atoms with E-state index in [1.165, 1.54) is 12.4 Å². The highest BCUT2D eigenvalue weighted by atomic mass is 32.2. The van der Waals surface area contributed by atoms with Gasteiger partial charge in [0, 0.05) is 12.5 Å². The smallest absolute Gasteiger partial charge is 0.178 e. The summed E-state index contributed by atoms with van der Waals surface area (Å²) in [5.74, 6) is 0. The van der Waals surface area contributed by atoms with Crippen LogP contribution < -0.4 is 0 Å². The molecule has 0 aromatic carbocycles. The van der Waals surface area contributed by atoms with Gasteiger partial charge < -0.3 is 0 Å². The fourth-order valence-electron chi connectivity index (χ4n) is 0.442. The predicted molar refractivity (Wildman–Crippen MR) is 43.0 cm³/mol. The molecule has 1 N–H and O–H groups in total. The van der Waals surface area contributed by atoms with E-state index in [1.807, 2.05) is 13.8 Å². The van der Waals surface area contributed by atoms with Crippen molar-refractivity contribution in [2.75, 3.05) is 6.26 Å². The van der Waals surface area contributed by atoms with Crippen LogP contribution in [0.4, 0.5) is 0 Å². The van der Waals surface area contributed by atoms with Gasteiger partial charge in [0.2, 0.25) is 0 Å². The zero-order chi connectivity index (χ0) is 8.91. The van der Waals surface area contributed by atoms with E-state index in [2.05, 4.69) is 10.2 Å². The number of H-pyrrole nitrogens is 1. The molecule has 1 aromatic rings. The van der Waals surface area contributed by atoms with Crippen LogP contribution in [0.2, 0.25) is 0 Å². The Kier molecular flexibility index (Phi) is 3.81. The van der Waals surface area contributed by atoms with Crippen molar-refractivity contribution in [1.82, 2.24) is 10.2 Å². The molecule has 0 fully saturated rings. The van der Waals surface area contributed by atoms with E-state index in [9.17, 15) is 8.42 Å². The summed E-state index contributed by atoms with van der Waals surface area (Å²) in [6.45, 7) is 4.00. The molecule has 1 heterocycles. The lowest BCUT2D eigenvalue weighted by atomic mass is 10.7. The summed E-state index contributed by atoms with van der Waals surface area (Å²) in [5.41, 5.74) is 0. The Balaban J connectivity index is 0.000000461. The first-order valence-electron chi connectivity index (χ1n) is 3.29. The second-order valence-corrected chi connectivity index (χ2v) is 3.72. The lowest BCUT2D eigenvalue weighted by Gasteiger charge is -1.85. The number of sulfone groups is 1. The van der Waals surface area contributed by atoms with Crippen LogP contribution in [0.25, 0.3) is 0 Å². The molecule has 4 nitrogen and oxygen atoms in total. The molecule has 0 unspecified atom stereocenters. The largest absolute Gasteiger partial charge is 0.284 e. The molecule has 0 radical (unpaired) electrons. The Morgan fingerprint density at radius 3 is 2.18 bits per heavy atom. The molecule has 0 amide bonds. The molecule has 5 heteroatoms. The molecular formula is C6H12N2O2S. The average molecular weight is 176 g/mol. The highest BCUT2D eigenvalue weighted by Crippen LogP contribution is 2.02. The number of hydrogen-bond donors (Lipinski definition) is 1. The molecule has 0 saturated carbocycles. The molecule has 0 aliphatic rings. The normalized spacial score (nSPS) is 10.1. The fraction of sp³-hybridized carbons (Fsp3) is 0.500. The highest BCUT2D eigenvalue weighted by Gasteiger charge is 2.05. The number of hydrogen-bond acceptors (Lipinski definition) is 3. The molecule has 0 atom stereocenters. The van der Waals surface area contributed by atoms with Gasteiger partial charge in [-0.2, -0.15) is 5.10 Å². The van der Waals surface area contributed by atoms with E-state index in [0.717, 1.165) is 6.26 Å². The lowest BCUT2D eigenvalue weighted by molar-refractivity contribution is 0.602. The van der Waals surface area contributed by atoms with E-state index in [0.29, 0.717) is 0 Å². The zero-order valence-electron chi connectivity index (χ0n) is 6.83. The third-order valence-electron chi connectivity index (χ3n) is 0.901. The van der Waals surface area contributed by atoms with Crippen LogP contribution in [0, 0.1) is 0 Å². The van der Waals surface area contributed by atoms with Gasteiger partial charge in [-0.05, 0) is 0 Å². The van der Waals surface area contributed by atoms with E-state index in [-0.39, 0.29) is 4.90 Å². The van der Waals surface area contributed by atoms with Crippen molar-refractivity contribution in [1.29, 1.82) is 0 Å². The predicted octanol–water partition coefficient (Wildman–Crippen LogP) is 0.839. The first-order chi connectivity index (χ1) is 5.11. The monoisotopic (exact) mass is 176 g/mol. The first kappa shape index (κ1) is 10.2.